The Morgan fingerprint density at radius 2 is 1.36 bits per heavy atom. The van der Waals surface area contributed by atoms with Crippen LogP contribution < -0.4 is 0 Å². The molecular formula is C10H7O4. The van der Waals surface area contributed by atoms with Crippen molar-refractivity contribution in [3.8, 4) is 23.0 Å². The van der Waals surface area contributed by atoms with Gasteiger partial charge in [-0.25, -0.2) is 0 Å². The molecule has 0 aliphatic heterocycles. The molecule has 71 valence electrons. The van der Waals surface area contributed by atoms with Gasteiger partial charge < -0.3 is 15.3 Å². The van der Waals surface area contributed by atoms with Gasteiger partial charge in [-0.15, -0.1) is 0 Å². The molecule has 0 aliphatic carbocycles. The molecule has 2 rings (SSSR count). The third-order valence-corrected chi connectivity index (χ3v) is 2.09. The lowest BCUT2D eigenvalue weighted by molar-refractivity contribution is 0.311. The Kier molecular flexibility index (Phi) is 1.64. The SMILES string of the molecule is [O]c1c(O)c(O)c(O)c2ccccc12. The molecule has 0 saturated carbocycles. The summed E-state index contributed by atoms with van der Waals surface area (Å²) in [6.45, 7) is 0. The van der Waals surface area contributed by atoms with Crippen LogP contribution in [0.3, 0.4) is 0 Å². The van der Waals surface area contributed by atoms with Crippen LogP contribution in [0.2, 0.25) is 0 Å². The smallest absolute Gasteiger partial charge is 0.232 e. The Bertz CT molecular complexity index is 458. The van der Waals surface area contributed by atoms with Crippen molar-refractivity contribution in [1.29, 1.82) is 0 Å². The zero-order chi connectivity index (χ0) is 10.3. The van der Waals surface area contributed by atoms with Gasteiger partial charge in [0.2, 0.25) is 17.2 Å². The Morgan fingerprint density at radius 1 is 0.786 bits per heavy atom. The standard InChI is InChI=1S/C10H7O4/c11-7-5-3-1-2-4-6(5)8(12)10(14)9(7)13/h1-4,11,13-14H. The maximum Gasteiger partial charge on any atom is 0.232 e. The third-order valence-electron chi connectivity index (χ3n) is 2.09. The highest BCUT2D eigenvalue weighted by atomic mass is 16.3. The van der Waals surface area contributed by atoms with Gasteiger partial charge in [-0.1, -0.05) is 24.3 Å². The maximum atomic E-state index is 11.4. The molecule has 14 heavy (non-hydrogen) atoms. The molecule has 0 aliphatic rings. The van der Waals surface area contributed by atoms with Crippen molar-refractivity contribution in [3.63, 3.8) is 0 Å². The van der Waals surface area contributed by atoms with E-state index in [1.165, 1.54) is 12.1 Å². The van der Waals surface area contributed by atoms with E-state index in [0.29, 0.717) is 0 Å². The van der Waals surface area contributed by atoms with E-state index in [-0.39, 0.29) is 10.8 Å². The lowest BCUT2D eigenvalue weighted by atomic mass is 10.1. The summed E-state index contributed by atoms with van der Waals surface area (Å²) in [4.78, 5) is 0. The Hall–Kier alpha value is -2.10. The van der Waals surface area contributed by atoms with Crippen molar-refractivity contribution in [1.82, 2.24) is 0 Å². The Labute approximate surface area is 79.3 Å². The summed E-state index contributed by atoms with van der Waals surface area (Å²) in [5, 5.41) is 39.6. The summed E-state index contributed by atoms with van der Waals surface area (Å²) in [7, 11) is 0. The largest absolute Gasteiger partial charge is 0.504 e. The molecule has 2 aromatic carbocycles. The number of hydrogen-bond donors (Lipinski definition) is 3. The Morgan fingerprint density at radius 3 is 2.00 bits per heavy atom. The molecule has 0 heterocycles. The van der Waals surface area contributed by atoms with E-state index in [4.69, 9.17) is 5.11 Å². The molecule has 0 bridgehead atoms. The van der Waals surface area contributed by atoms with Crippen LogP contribution in [0, 0.1) is 0 Å². The van der Waals surface area contributed by atoms with Crippen LogP contribution in [0.5, 0.6) is 23.0 Å². The third kappa shape index (κ3) is 0.939. The molecule has 0 amide bonds. The number of phenols is 3. The summed E-state index contributed by atoms with van der Waals surface area (Å²) in [6.07, 6.45) is 0. The van der Waals surface area contributed by atoms with Crippen molar-refractivity contribution in [2.75, 3.05) is 0 Å². The second-order valence-electron chi connectivity index (χ2n) is 2.92. The van der Waals surface area contributed by atoms with Gasteiger partial charge in [-0.2, -0.15) is 0 Å². The molecule has 0 saturated heterocycles. The fourth-order valence-electron chi connectivity index (χ4n) is 1.36. The summed E-state index contributed by atoms with van der Waals surface area (Å²) < 4.78 is 0. The second kappa shape index (κ2) is 2.70. The summed E-state index contributed by atoms with van der Waals surface area (Å²) in [5.41, 5.74) is 0. The summed E-state index contributed by atoms with van der Waals surface area (Å²) in [6, 6.07) is 6.19. The highest BCUT2D eigenvalue weighted by molar-refractivity contribution is 5.97. The average molecular weight is 191 g/mol. The van der Waals surface area contributed by atoms with Crippen LogP contribution in [-0.4, -0.2) is 15.3 Å². The zero-order valence-corrected chi connectivity index (χ0v) is 7.06. The van der Waals surface area contributed by atoms with Gasteiger partial charge in [0, 0.05) is 10.8 Å². The monoisotopic (exact) mass is 191 g/mol. The first kappa shape index (κ1) is 8.50. The number of phenolic OH excluding ortho intramolecular Hbond substituents is 3. The van der Waals surface area contributed by atoms with E-state index < -0.39 is 23.0 Å². The van der Waals surface area contributed by atoms with Gasteiger partial charge in [0.1, 0.15) is 0 Å². The molecule has 2 aromatic rings. The normalized spacial score (nSPS) is 10.6. The van der Waals surface area contributed by atoms with Crippen LogP contribution in [0.4, 0.5) is 0 Å². The van der Waals surface area contributed by atoms with E-state index in [9.17, 15) is 15.3 Å². The summed E-state index contributed by atoms with van der Waals surface area (Å²) >= 11 is 0. The molecule has 4 nitrogen and oxygen atoms in total. The molecule has 0 spiro atoms. The first-order valence-corrected chi connectivity index (χ1v) is 3.95. The molecule has 3 N–H and O–H groups in total. The predicted molar refractivity (Wildman–Crippen MR) is 49.1 cm³/mol. The van der Waals surface area contributed by atoms with Crippen LogP contribution in [0.1, 0.15) is 0 Å². The first-order valence-electron chi connectivity index (χ1n) is 3.95. The van der Waals surface area contributed by atoms with E-state index in [0.717, 1.165) is 0 Å². The molecule has 0 fully saturated rings. The van der Waals surface area contributed by atoms with Gasteiger partial charge in [-0.05, 0) is 0 Å². The molecule has 4 heteroatoms. The highest BCUT2D eigenvalue weighted by Crippen LogP contribution is 2.48. The van der Waals surface area contributed by atoms with Crippen molar-refractivity contribution >= 4 is 10.8 Å². The van der Waals surface area contributed by atoms with Gasteiger partial charge in [-0.3, -0.25) is 5.11 Å². The quantitative estimate of drug-likeness (QED) is 0.558. The van der Waals surface area contributed by atoms with Crippen molar-refractivity contribution in [2.45, 2.75) is 0 Å². The van der Waals surface area contributed by atoms with Gasteiger partial charge >= 0.3 is 0 Å². The van der Waals surface area contributed by atoms with Gasteiger partial charge in [0.25, 0.3) is 0 Å². The number of hydrogen-bond acceptors (Lipinski definition) is 3. The zero-order valence-electron chi connectivity index (χ0n) is 7.06. The van der Waals surface area contributed by atoms with Crippen LogP contribution in [-0.2, 0) is 5.11 Å². The maximum absolute atomic E-state index is 11.4. The van der Waals surface area contributed by atoms with E-state index in [2.05, 4.69) is 0 Å². The average Bonchev–Trinajstić information content (AvgIpc) is 2.23. The topological polar surface area (TPSA) is 80.6 Å². The molecular weight excluding hydrogens is 184 g/mol. The molecule has 0 atom stereocenters. The van der Waals surface area contributed by atoms with Gasteiger partial charge in [0.05, 0.1) is 0 Å². The van der Waals surface area contributed by atoms with Crippen LogP contribution in [0.25, 0.3) is 10.8 Å². The number of rotatable bonds is 0. The minimum atomic E-state index is -0.818. The number of aromatic hydroxyl groups is 3. The minimum Gasteiger partial charge on any atom is -0.504 e. The van der Waals surface area contributed by atoms with Crippen molar-refractivity contribution in [3.05, 3.63) is 24.3 Å². The number of benzene rings is 2. The molecule has 0 unspecified atom stereocenters. The van der Waals surface area contributed by atoms with E-state index in [1.807, 2.05) is 0 Å². The predicted octanol–water partition coefficient (Wildman–Crippen LogP) is 2.10. The van der Waals surface area contributed by atoms with Crippen molar-refractivity contribution in [2.24, 2.45) is 0 Å². The lowest BCUT2D eigenvalue weighted by Crippen LogP contribution is -1.78. The molecule has 1 radical (unpaired) electrons. The second-order valence-corrected chi connectivity index (χ2v) is 2.92. The molecule has 0 aromatic heterocycles. The summed E-state index contributed by atoms with van der Waals surface area (Å²) in [5.74, 6) is -2.75. The fraction of sp³-hybridized carbons (Fsp3) is 0. The highest BCUT2D eigenvalue weighted by Gasteiger charge is 2.18. The van der Waals surface area contributed by atoms with Crippen LogP contribution in [0.15, 0.2) is 24.3 Å². The number of fused-ring (bicyclic) bond motifs is 1. The van der Waals surface area contributed by atoms with Gasteiger partial charge in [0.15, 0.2) is 5.75 Å². The van der Waals surface area contributed by atoms with Crippen LogP contribution >= 0.6 is 0 Å². The van der Waals surface area contributed by atoms with Crippen molar-refractivity contribution < 1.29 is 20.4 Å². The fourth-order valence-corrected chi connectivity index (χ4v) is 1.36. The first-order chi connectivity index (χ1) is 6.63. The Balaban J connectivity index is 3.02. The minimum absolute atomic E-state index is 0.181. The lowest BCUT2D eigenvalue weighted by Gasteiger charge is -2.06. The van der Waals surface area contributed by atoms with E-state index in [1.54, 1.807) is 12.1 Å². The van der Waals surface area contributed by atoms with E-state index >= 15 is 0 Å².